The number of benzene rings is 1. The molecule has 0 bridgehead atoms. The SMILES string of the molecule is O=C(Cc1cccs1)NCCc1ccc(C(F)(F)F)cc1. The Balaban J connectivity index is 1.77. The standard InChI is InChI=1S/C15H14F3NOS/c16-15(17,18)12-5-3-11(4-6-12)7-8-19-14(20)10-13-2-1-9-21-13/h1-6,9H,7-8,10H2,(H,19,20). The Morgan fingerprint density at radius 3 is 2.43 bits per heavy atom. The van der Waals surface area contributed by atoms with Gasteiger partial charge in [0.05, 0.1) is 12.0 Å². The molecule has 112 valence electrons. The zero-order valence-electron chi connectivity index (χ0n) is 11.1. The van der Waals surface area contributed by atoms with E-state index >= 15 is 0 Å². The first-order valence-electron chi connectivity index (χ1n) is 6.40. The molecule has 6 heteroatoms. The van der Waals surface area contributed by atoms with Crippen molar-refractivity contribution in [3.63, 3.8) is 0 Å². The highest BCUT2D eigenvalue weighted by molar-refractivity contribution is 7.10. The number of carbonyl (C=O) groups excluding carboxylic acids is 1. The molecule has 1 heterocycles. The first-order valence-corrected chi connectivity index (χ1v) is 7.28. The van der Waals surface area contributed by atoms with Crippen LogP contribution in [0.15, 0.2) is 41.8 Å². The molecule has 21 heavy (non-hydrogen) atoms. The third-order valence-corrected chi connectivity index (χ3v) is 3.81. The van der Waals surface area contributed by atoms with Crippen molar-refractivity contribution in [1.82, 2.24) is 5.32 Å². The molecule has 0 unspecified atom stereocenters. The number of hydrogen-bond donors (Lipinski definition) is 1. The molecule has 2 aromatic rings. The van der Waals surface area contributed by atoms with Gasteiger partial charge in [-0.15, -0.1) is 11.3 Å². The number of rotatable bonds is 5. The second-order valence-electron chi connectivity index (χ2n) is 4.55. The first kappa shape index (κ1) is 15.6. The summed E-state index contributed by atoms with van der Waals surface area (Å²) in [6.45, 7) is 0.412. The van der Waals surface area contributed by atoms with Gasteiger partial charge in [0, 0.05) is 11.4 Å². The molecule has 1 aromatic heterocycles. The maximum atomic E-state index is 12.4. The van der Waals surface area contributed by atoms with Crippen LogP contribution in [0.25, 0.3) is 0 Å². The normalized spacial score (nSPS) is 11.4. The molecule has 1 N–H and O–H groups in total. The Bertz CT molecular complexity index is 576. The van der Waals surface area contributed by atoms with E-state index in [-0.39, 0.29) is 5.91 Å². The Morgan fingerprint density at radius 1 is 1.14 bits per heavy atom. The zero-order chi connectivity index (χ0) is 15.3. The quantitative estimate of drug-likeness (QED) is 0.896. The van der Waals surface area contributed by atoms with Gasteiger partial charge in [-0.2, -0.15) is 13.2 Å². The molecule has 0 fully saturated rings. The van der Waals surface area contributed by atoms with Crippen LogP contribution in [-0.4, -0.2) is 12.5 Å². The minimum Gasteiger partial charge on any atom is -0.355 e. The van der Waals surface area contributed by atoms with Crippen molar-refractivity contribution in [2.24, 2.45) is 0 Å². The van der Waals surface area contributed by atoms with Gasteiger partial charge in [-0.1, -0.05) is 18.2 Å². The van der Waals surface area contributed by atoms with Crippen LogP contribution in [0.3, 0.4) is 0 Å². The number of nitrogens with one attached hydrogen (secondary N) is 1. The number of hydrogen-bond acceptors (Lipinski definition) is 2. The Hall–Kier alpha value is -1.82. The van der Waals surface area contributed by atoms with Crippen LogP contribution in [0.5, 0.6) is 0 Å². The second-order valence-corrected chi connectivity index (χ2v) is 5.58. The highest BCUT2D eigenvalue weighted by Crippen LogP contribution is 2.29. The lowest BCUT2D eigenvalue weighted by Gasteiger charge is -2.08. The molecule has 1 aromatic carbocycles. The highest BCUT2D eigenvalue weighted by Gasteiger charge is 2.29. The number of halogens is 3. The summed E-state index contributed by atoms with van der Waals surface area (Å²) in [7, 11) is 0. The summed E-state index contributed by atoms with van der Waals surface area (Å²) >= 11 is 1.52. The summed E-state index contributed by atoms with van der Waals surface area (Å²) in [5, 5.41) is 4.67. The average Bonchev–Trinajstić information content (AvgIpc) is 2.91. The summed E-state index contributed by atoms with van der Waals surface area (Å²) in [4.78, 5) is 12.6. The predicted octanol–water partition coefficient (Wildman–Crippen LogP) is 3.67. The molecule has 0 aliphatic heterocycles. The van der Waals surface area contributed by atoms with Crippen molar-refractivity contribution in [3.05, 3.63) is 57.8 Å². The van der Waals surface area contributed by atoms with Gasteiger partial charge < -0.3 is 5.32 Å². The van der Waals surface area contributed by atoms with E-state index in [1.807, 2.05) is 17.5 Å². The van der Waals surface area contributed by atoms with Crippen LogP contribution in [0, 0.1) is 0 Å². The van der Waals surface area contributed by atoms with Gasteiger partial charge >= 0.3 is 6.18 Å². The molecule has 2 rings (SSSR count). The summed E-state index contributed by atoms with van der Waals surface area (Å²) in [5.41, 5.74) is 0.104. The van der Waals surface area contributed by atoms with Gasteiger partial charge in [-0.05, 0) is 35.6 Å². The van der Waals surface area contributed by atoms with Crippen molar-refractivity contribution < 1.29 is 18.0 Å². The van der Waals surface area contributed by atoms with E-state index < -0.39 is 11.7 Å². The van der Waals surface area contributed by atoms with Gasteiger partial charge in [-0.25, -0.2) is 0 Å². The van der Waals surface area contributed by atoms with E-state index in [0.717, 1.165) is 22.6 Å². The summed E-state index contributed by atoms with van der Waals surface area (Å²) in [6.07, 6.45) is -3.47. The van der Waals surface area contributed by atoms with Crippen LogP contribution in [-0.2, 0) is 23.8 Å². The van der Waals surface area contributed by atoms with Gasteiger partial charge in [0.1, 0.15) is 0 Å². The molecular weight excluding hydrogens is 299 g/mol. The smallest absolute Gasteiger partial charge is 0.355 e. The minimum atomic E-state index is -4.31. The van der Waals surface area contributed by atoms with Crippen molar-refractivity contribution >= 4 is 17.2 Å². The van der Waals surface area contributed by atoms with Gasteiger partial charge in [0.25, 0.3) is 0 Å². The summed E-state index contributed by atoms with van der Waals surface area (Å²) in [5.74, 6) is -0.0793. The summed E-state index contributed by atoms with van der Waals surface area (Å²) < 4.78 is 37.2. The molecule has 0 aliphatic carbocycles. The Morgan fingerprint density at radius 2 is 1.86 bits per heavy atom. The average molecular weight is 313 g/mol. The molecule has 1 amide bonds. The topological polar surface area (TPSA) is 29.1 Å². The van der Waals surface area contributed by atoms with Crippen molar-refractivity contribution in [2.75, 3.05) is 6.54 Å². The van der Waals surface area contributed by atoms with Crippen LogP contribution in [0.4, 0.5) is 13.2 Å². The third-order valence-electron chi connectivity index (χ3n) is 2.93. The lowest BCUT2D eigenvalue weighted by molar-refractivity contribution is -0.137. The molecule has 2 nitrogen and oxygen atoms in total. The Labute approximate surface area is 124 Å². The first-order chi connectivity index (χ1) is 9.95. The van der Waals surface area contributed by atoms with Gasteiger partial charge in [0.15, 0.2) is 0 Å². The fourth-order valence-electron chi connectivity index (χ4n) is 1.84. The largest absolute Gasteiger partial charge is 0.416 e. The van der Waals surface area contributed by atoms with Crippen molar-refractivity contribution in [1.29, 1.82) is 0 Å². The van der Waals surface area contributed by atoms with Crippen LogP contribution < -0.4 is 5.32 Å². The fraction of sp³-hybridized carbons (Fsp3) is 0.267. The molecule has 0 saturated heterocycles. The van der Waals surface area contributed by atoms with Crippen molar-refractivity contribution in [3.8, 4) is 0 Å². The molecule has 0 aliphatic rings. The van der Waals surface area contributed by atoms with Crippen LogP contribution in [0.1, 0.15) is 16.0 Å². The monoisotopic (exact) mass is 313 g/mol. The highest BCUT2D eigenvalue weighted by atomic mass is 32.1. The molecule has 0 saturated carbocycles. The molecule has 0 spiro atoms. The van der Waals surface area contributed by atoms with E-state index in [9.17, 15) is 18.0 Å². The minimum absolute atomic E-state index is 0.0793. The fourth-order valence-corrected chi connectivity index (χ4v) is 2.54. The lowest BCUT2D eigenvalue weighted by atomic mass is 10.1. The van der Waals surface area contributed by atoms with E-state index in [2.05, 4.69) is 5.32 Å². The second kappa shape index (κ2) is 6.76. The van der Waals surface area contributed by atoms with E-state index in [1.165, 1.54) is 23.5 Å². The number of thiophene rings is 1. The van der Waals surface area contributed by atoms with Gasteiger partial charge in [0.2, 0.25) is 5.91 Å². The third kappa shape index (κ3) is 4.90. The van der Waals surface area contributed by atoms with Crippen molar-refractivity contribution in [2.45, 2.75) is 19.0 Å². The predicted molar refractivity (Wildman–Crippen MR) is 76.2 cm³/mol. The van der Waals surface area contributed by atoms with E-state index in [0.29, 0.717) is 19.4 Å². The lowest BCUT2D eigenvalue weighted by Crippen LogP contribution is -2.26. The summed E-state index contributed by atoms with van der Waals surface area (Å²) in [6, 6.07) is 8.77. The van der Waals surface area contributed by atoms with E-state index in [1.54, 1.807) is 0 Å². The molecular formula is C15H14F3NOS. The maximum absolute atomic E-state index is 12.4. The zero-order valence-corrected chi connectivity index (χ0v) is 11.9. The maximum Gasteiger partial charge on any atom is 0.416 e. The molecule has 0 radical (unpaired) electrons. The number of carbonyl (C=O) groups is 1. The van der Waals surface area contributed by atoms with Crippen LogP contribution >= 0.6 is 11.3 Å². The number of amides is 1. The van der Waals surface area contributed by atoms with Gasteiger partial charge in [-0.3, -0.25) is 4.79 Å². The Kier molecular flexibility index (Phi) is 5.01. The molecule has 0 atom stereocenters. The van der Waals surface area contributed by atoms with Crippen LogP contribution in [0.2, 0.25) is 0 Å². The number of alkyl halides is 3. The van der Waals surface area contributed by atoms with E-state index in [4.69, 9.17) is 0 Å².